The third kappa shape index (κ3) is 2.84. The van der Waals surface area contributed by atoms with E-state index >= 15 is 0 Å². The highest BCUT2D eigenvalue weighted by atomic mass is 79.9. The molecule has 19 heavy (non-hydrogen) atoms. The molecule has 0 aromatic heterocycles. The molecule has 0 aliphatic carbocycles. The van der Waals surface area contributed by atoms with E-state index in [9.17, 15) is 4.79 Å². The van der Waals surface area contributed by atoms with E-state index in [1.807, 2.05) is 13.0 Å². The second-order valence-electron chi connectivity index (χ2n) is 4.34. The number of hydrogen-bond donors (Lipinski definition) is 2. The van der Waals surface area contributed by atoms with Crippen LogP contribution in [0.3, 0.4) is 0 Å². The maximum atomic E-state index is 10.9. The quantitative estimate of drug-likeness (QED) is 0.879. The molecule has 6 heteroatoms. The molecule has 0 spiro atoms. The monoisotopic (exact) mass is 329 g/mol. The van der Waals surface area contributed by atoms with Crippen LogP contribution < -0.4 is 15.2 Å². The number of benzene rings is 1. The Kier molecular flexibility index (Phi) is 4.31. The Morgan fingerprint density at radius 2 is 2.16 bits per heavy atom. The third-order valence-electron chi connectivity index (χ3n) is 3.09. The summed E-state index contributed by atoms with van der Waals surface area (Å²) in [6, 6.07) is 0.890. The summed E-state index contributed by atoms with van der Waals surface area (Å²) >= 11 is 3.46. The average Bonchev–Trinajstić information content (AvgIpc) is 2.39. The first kappa shape index (κ1) is 14.1. The summed E-state index contributed by atoms with van der Waals surface area (Å²) in [6.45, 7) is 3.03. The van der Waals surface area contributed by atoms with Crippen molar-refractivity contribution in [1.82, 2.24) is 0 Å². The van der Waals surface area contributed by atoms with Crippen molar-refractivity contribution in [3.05, 3.63) is 21.7 Å². The van der Waals surface area contributed by atoms with Crippen LogP contribution in [0.1, 0.15) is 18.1 Å². The summed E-state index contributed by atoms with van der Waals surface area (Å²) < 4.78 is 12.0. The second kappa shape index (κ2) is 5.79. The van der Waals surface area contributed by atoms with Gasteiger partial charge in [-0.2, -0.15) is 0 Å². The molecule has 0 radical (unpaired) electrons. The van der Waals surface area contributed by atoms with Gasteiger partial charge in [0.05, 0.1) is 0 Å². The van der Waals surface area contributed by atoms with Crippen LogP contribution in [0.5, 0.6) is 11.5 Å². The molecule has 0 bridgehead atoms. The van der Waals surface area contributed by atoms with Crippen molar-refractivity contribution in [2.45, 2.75) is 25.8 Å². The maximum absolute atomic E-state index is 10.9. The highest BCUT2D eigenvalue weighted by molar-refractivity contribution is 9.10. The predicted molar refractivity (Wildman–Crippen MR) is 73.8 cm³/mol. The van der Waals surface area contributed by atoms with Crippen LogP contribution in [-0.2, 0) is 17.6 Å². The van der Waals surface area contributed by atoms with Gasteiger partial charge in [0.15, 0.2) is 11.5 Å². The topological polar surface area (TPSA) is 81.8 Å². The number of nitrogens with two attached hydrogens (primary N) is 1. The van der Waals surface area contributed by atoms with E-state index in [0.29, 0.717) is 24.7 Å². The molecule has 1 aromatic rings. The van der Waals surface area contributed by atoms with Crippen molar-refractivity contribution in [1.29, 1.82) is 0 Å². The lowest BCUT2D eigenvalue weighted by atomic mass is 9.97. The minimum Gasteiger partial charge on any atom is -0.486 e. The van der Waals surface area contributed by atoms with E-state index in [4.69, 9.17) is 20.3 Å². The third-order valence-corrected chi connectivity index (χ3v) is 3.80. The van der Waals surface area contributed by atoms with Gasteiger partial charge in [-0.3, -0.25) is 4.79 Å². The first-order valence-electron chi connectivity index (χ1n) is 6.12. The van der Waals surface area contributed by atoms with Gasteiger partial charge in [0.2, 0.25) is 0 Å². The zero-order valence-electron chi connectivity index (χ0n) is 10.6. The number of carbonyl (C=O) groups is 1. The molecule has 1 atom stereocenters. The lowest BCUT2D eigenvalue weighted by Crippen LogP contribution is -2.33. The number of ether oxygens (including phenoxy) is 2. The maximum Gasteiger partial charge on any atom is 0.320 e. The fraction of sp³-hybridized carbons (Fsp3) is 0.462. The van der Waals surface area contributed by atoms with Gasteiger partial charge in [0.1, 0.15) is 19.3 Å². The van der Waals surface area contributed by atoms with E-state index in [1.165, 1.54) is 0 Å². The number of fused-ring (bicyclic) bond motifs is 1. The molecule has 0 saturated carbocycles. The fourth-order valence-corrected chi connectivity index (χ4v) is 2.77. The van der Waals surface area contributed by atoms with Crippen molar-refractivity contribution in [3.63, 3.8) is 0 Å². The number of rotatable bonds is 4. The minimum absolute atomic E-state index is 0.260. The number of carboxylic acids is 1. The fourth-order valence-electron chi connectivity index (χ4n) is 2.16. The van der Waals surface area contributed by atoms with Gasteiger partial charge in [0, 0.05) is 10.0 Å². The molecule has 0 saturated heterocycles. The van der Waals surface area contributed by atoms with Crippen LogP contribution in [0, 0.1) is 0 Å². The highest BCUT2D eigenvalue weighted by Crippen LogP contribution is 2.40. The molecule has 2 rings (SSSR count). The van der Waals surface area contributed by atoms with Crippen molar-refractivity contribution < 1.29 is 19.4 Å². The van der Waals surface area contributed by atoms with E-state index in [0.717, 1.165) is 22.0 Å². The van der Waals surface area contributed by atoms with Crippen LogP contribution in [0.2, 0.25) is 0 Å². The minimum atomic E-state index is -1.01. The Morgan fingerprint density at radius 1 is 1.47 bits per heavy atom. The largest absolute Gasteiger partial charge is 0.486 e. The Hall–Kier alpha value is -1.27. The van der Waals surface area contributed by atoms with Gasteiger partial charge in [-0.15, -0.1) is 0 Å². The van der Waals surface area contributed by atoms with Crippen LogP contribution in [0.4, 0.5) is 0 Å². The number of carboxylic acid groups (broad SMARTS) is 1. The lowest BCUT2D eigenvalue weighted by Gasteiger charge is -2.24. The SMILES string of the molecule is CCc1c(CC(N)C(=O)O)c(Br)cc2c1OCCO2. The first-order chi connectivity index (χ1) is 9.04. The molecule has 5 nitrogen and oxygen atoms in total. The Labute approximate surface area is 119 Å². The summed E-state index contributed by atoms with van der Waals surface area (Å²) in [4.78, 5) is 10.9. The van der Waals surface area contributed by atoms with Crippen molar-refractivity contribution in [3.8, 4) is 11.5 Å². The average molecular weight is 330 g/mol. The van der Waals surface area contributed by atoms with Gasteiger partial charge in [-0.25, -0.2) is 0 Å². The second-order valence-corrected chi connectivity index (χ2v) is 5.20. The van der Waals surface area contributed by atoms with E-state index < -0.39 is 12.0 Å². The van der Waals surface area contributed by atoms with E-state index in [-0.39, 0.29) is 6.42 Å². The summed E-state index contributed by atoms with van der Waals surface area (Å²) in [5, 5.41) is 8.94. The molecule has 1 heterocycles. The Balaban J connectivity index is 2.44. The van der Waals surface area contributed by atoms with Gasteiger partial charge in [-0.1, -0.05) is 22.9 Å². The molecule has 1 aliphatic rings. The van der Waals surface area contributed by atoms with Crippen LogP contribution >= 0.6 is 15.9 Å². The molecular formula is C13H16BrNO4. The normalized spacial score (nSPS) is 15.1. The van der Waals surface area contributed by atoms with Crippen molar-refractivity contribution in [2.75, 3.05) is 13.2 Å². The number of hydrogen-bond acceptors (Lipinski definition) is 4. The Bertz CT molecular complexity index is 504. The molecule has 1 aliphatic heterocycles. The Morgan fingerprint density at radius 3 is 2.79 bits per heavy atom. The van der Waals surface area contributed by atoms with E-state index in [1.54, 1.807) is 0 Å². The molecule has 0 amide bonds. The van der Waals surface area contributed by atoms with Crippen LogP contribution in [0.15, 0.2) is 10.5 Å². The van der Waals surface area contributed by atoms with E-state index in [2.05, 4.69) is 15.9 Å². The summed E-state index contributed by atoms with van der Waals surface area (Å²) in [5.41, 5.74) is 7.46. The predicted octanol–water partition coefficient (Wildman–Crippen LogP) is 1.74. The first-order valence-corrected chi connectivity index (χ1v) is 6.92. The number of halogens is 1. The molecular weight excluding hydrogens is 314 g/mol. The molecule has 0 fully saturated rings. The zero-order valence-corrected chi connectivity index (χ0v) is 12.2. The smallest absolute Gasteiger partial charge is 0.320 e. The highest BCUT2D eigenvalue weighted by Gasteiger charge is 2.23. The van der Waals surface area contributed by atoms with Gasteiger partial charge >= 0.3 is 5.97 Å². The summed E-state index contributed by atoms with van der Waals surface area (Å²) in [5.74, 6) is 0.399. The lowest BCUT2D eigenvalue weighted by molar-refractivity contribution is -0.138. The molecule has 1 unspecified atom stereocenters. The van der Waals surface area contributed by atoms with Gasteiger partial charge in [-0.05, 0) is 24.5 Å². The standard InChI is InChI=1S/C13H16BrNO4/c1-2-7-8(5-10(15)13(16)17)9(14)6-11-12(7)19-4-3-18-11/h6,10H,2-5,15H2,1H3,(H,16,17). The summed E-state index contributed by atoms with van der Waals surface area (Å²) in [6.07, 6.45) is 0.989. The van der Waals surface area contributed by atoms with Crippen molar-refractivity contribution >= 4 is 21.9 Å². The van der Waals surface area contributed by atoms with Crippen LogP contribution in [-0.4, -0.2) is 30.3 Å². The molecule has 1 aromatic carbocycles. The zero-order chi connectivity index (χ0) is 14.0. The molecule has 3 N–H and O–H groups in total. The van der Waals surface area contributed by atoms with Crippen molar-refractivity contribution in [2.24, 2.45) is 5.73 Å². The number of aliphatic carboxylic acids is 1. The molecule has 104 valence electrons. The van der Waals surface area contributed by atoms with Gasteiger partial charge < -0.3 is 20.3 Å². The van der Waals surface area contributed by atoms with Crippen LogP contribution in [0.25, 0.3) is 0 Å². The van der Waals surface area contributed by atoms with Gasteiger partial charge in [0.25, 0.3) is 0 Å². The summed E-state index contributed by atoms with van der Waals surface area (Å²) in [7, 11) is 0.